The Morgan fingerprint density at radius 2 is 2.00 bits per heavy atom. The zero-order chi connectivity index (χ0) is 9.56. The fraction of sp³-hybridized carbons (Fsp3) is 0.875. The molecule has 0 aliphatic heterocycles. The minimum absolute atomic E-state index is 0.296. The van der Waals surface area contributed by atoms with Crippen molar-refractivity contribution in [3.05, 3.63) is 0 Å². The van der Waals surface area contributed by atoms with Gasteiger partial charge in [0, 0.05) is 6.61 Å². The van der Waals surface area contributed by atoms with Gasteiger partial charge in [-0.2, -0.15) is 0 Å². The molecule has 0 aromatic heterocycles. The van der Waals surface area contributed by atoms with Gasteiger partial charge in [0.2, 0.25) is 0 Å². The molecule has 4 heteroatoms. The summed E-state index contributed by atoms with van der Waals surface area (Å²) in [5.74, 6) is -0.417. The Balaban J connectivity index is 3.82. The van der Waals surface area contributed by atoms with Gasteiger partial charge in [0.05, 0.1) is 12.7 Å². The van der Waals surface area contributed by atoms with Gasteiger partial charge in [-0.05, 0) is 20.8 Å². The number of halogens is 1. The summed E-state index contributed by atoms with van der Waals surface area (Å²) in [5.41, 5.74) is 0. The highest BCUT2D eigenvalue weighted by Gasteiger charge is 2.23. The Morgan fingerprint density at radius 1 is 1.42 bits per heavy atom. The molecule has 72 valence electrons. The second kappa shape index (κ2) is 6.26. The van der Waals surface area contributed by atoms with Gasteiger partial charge in [-0.25, -0.2) is 0 Å². The van der Waals surface area contributed by atoms with Crippen LogP contribution in [0.3, 0.4) is 0 Å². The SMILES string of the molecule is CCOC(=O)C(Cl)C(C)OCC. The van der Waals surface area contributed by atoms with E-state index in [9.17, 15) is 4.79 Å². The largest absolute Gasteiger partial charge is 0.465 e. The first kappa shape index (κ1) is 11.7. The summed E-state index contributed by atoms with van der Waals surface area (Å²) >= 11 is 5.74. The second-order valence-corrected chi connectivity index (χ2v) is 2.78. The van der Waals surface area contributed by atoms with Crippen LogP contribution in [0.15, 0.2) is 0 Å². The molecule has 0 amide bonds. The molecule has 0 heterocycles. The third-order valence-corrected chi connectivity index (χ3v) is 1.89. The van der Waals surface area contributed by atoms with Gasteiger partial charge in [0.25, 0.3) is 0 Å². The van der Waals surface area contributed by atoms with Crippen molar-refractivity contribution in [1.82, 2.24) is 0 Å². The Hall–Kier alpha value is -0.280. The van der Waals surface area contributed by atoms with Crippen molar-refractivity contribution >= 4 is 17.6 Å². The summed E-state index contributed by atoms with van der Waals surface area (Å²) in [4.78, 5) is 11.0. The molecule has 0 bridgehead atoms. The van der Waals surface area contributed by atoms with Crippen LogP contribution in [0.25, 0.3) is 0 Å². The van der Waals surface area contributed by atoms with E-state index in [0.717, 1.165) is 0 Å². The van der Waals surface area contributed by atoms with Crippen LogP contribution < -0.4 is 0 Å². The predicted molar refractivity (Wildman–Crippen MR) is 47.4 cm³/mol. The van der Waals surface area contributed by atoms with E-state index in [0.29, 0.717) is 13.2 Å². The molecule has 0 rings (SSSR count). The number of carbonyl (C=O) groups excluding carboxylic acids is 1. The molecule has 0 saturated heterocycles. The summed E-state index contributed by atoms with van der Waals surface area (Å²) in [5, 5.41) is -0.704. The average Bonchev–Trinajstić information content (AvgIpc) is 2.04. The van der Waals surface area contributed by atoms with Crippen LogP contribution in [-0.4, -0.2) is 30.7 Å². The van der Waals surface area contributed by atoms with E-state index in [1.54, 1.807) is 13.8 Å². The summed E-state index contributed by atoms with van der Waals surface area (Å²) in [6, 6.07) is 0. The normalized spacial score (nSPS) is 15.3. The van der Waals surface area contributed by atoms with Gasteiger partial charge in [-0.15, -0.1) is 11.6 Å². The lowest BCUT2D eigenvalue weighted by atomic mass is 10.3. The second-order valence-electron chi connectivity index (χ2n) is 2.31. The first-order chi connectivity index (χ1) is 5.63. The molecular weight excluding hydrogens is 180 g/mol. The molecular formula is C8H15ClO3. The molecule has 0 N–H and O–H groups in total. The molecule has 0 saturated carbocycles. The quantitative estimate of drug-likeness (QED) is 0.493. The topological polar surface area (TPSA) is 35.5 Å². The van der Waals surface area contributed by atoms with Crippen molar-refractivity contribution in [2.24, 2.45) is 0 Å². The van der Waals surface area contributed by atoms with Crippen molar-refractivity contribution in [2.45, 2.75) is 32.3 Å². The van der Waals surface area contributed by atoms with Crippen LogP contribution in [0.2, 0.25) is 0 Å². The van der Waals surface area contributed by atoms with Crippen LogP contribution in [0, 0.1) is 0 Å². The Bertz CT molecular complexity index is 138. The van der Waals surface area contributed by atoms with Crippen molar-refractivity contribution < 1.29 is 14.3 Å². The summed E-state index contributed by atoms with van der Waals surface area (Å²) in [6.45, 7) is 6.24. The molecule has 0 aliphatic carbocycles. The minimum atomic E-state index is -0.704. The fourth-order valence-electron chi connectivity index (χ4n) is 0.761. The highest BCUT2D eigenvalue weighted by atomic mass is 35.5. The van der Waals surface area contributed by atoms with Crippen LogP contribution in [-0.2, 0) is 14.3 Å². The number of alkyl halides is 1. The molecule has 0 aromatic rings. The smallest absolute Gasteiger partial charge is 0.326 e. The minimum Gasteiger partial charge on any atom is -0.465 e. The number of hydrogen-bond donors (Lipinski definition) is 0. The lowest BCUT2D eigenvalue weighted by Gasteiger charge is -2.15. The zero-order valence-electron chi connectivity index (χ0n) is 7.67. The van der Waals surface area contributed by atoms with E-state index in [-0.39, 0.29) is 6.10 Å². The average molecular weight is 195 g/mol. The van der Waals surface area contributed by atoms with Crippen molar-refractivity contribution in [1.29, 1.82) is 0 Å². The predicted octanol–water partition coefficient (Wildman–Crippen LogP) is 1.58. The van der Waals surface area contributed by atoms with Crippen LogP contribution >= 0.6 is 11.6 Å². The Labute approximate surface area is 78.0 Å². The monoisotopic (exact) mass is 194 g/mol. The number of esters is 1. The van der Waals surface area contributed by atoms with E-state index < -0.39 is 11.3 Å². The molecule has 0 radical (unpaired) electrons. The molecule has 0 fully saturated rings. The van der Waals surface area contributed by atoms with Gasteiger partial charge < -0.3 is 9.47 Å². The molecule has 0 spiro atoms. The molecule has 3 nitrogen and oxygen atoms in total. The lowest BCUT2D eigenvalue weighted by Crippen LogP contribution is -2.30. The highest BCUT2D eigenvalue weighted by Crippen LogP contribution is 2.08. The summed E-state index contributed by atoms with van der Waals surface area (Å²) in [6.07, 6.45) is -0.296. The van der Waals surface area contributed by atoms with E-state index >= 15 is 0 Å². The first-order valence-electron chi connectivity index (χ1n) is 4.05. The summed E-state index contributed by atoms with van der Waals surface area (Å²) in [7, 11) is 0. The Kier molecular flexibility index (Phi) is 6.11. The molecule has 0 aliphatic rings. The van der Waals surface area contributed by atoms with Gasteiger partial charge in [0.1, 0.15) is 0 Å². The van der Waals surface area contributed by atoms with Crippen LogP contribution in [0.4, 0.5) is 0 Å². The van der Waals surface area contributed by atoms with Gasteiger partial charge in [0.15, 0.2) is 5.38 Å². The number of carbonyl (C=O) groups is 1. The van der Waals surface area contributed by atoms with Crippen molar-refractivity contribution in [3.63, 3.8) is 0 Å². The highest BCUT2D eigenvalue weighted by molar-refractivity contribution is 6.30. The third kappa shape index (κ3) is 3.93. The van der Waals surface area contributed by atoms with Gasteiger partial charge in [-0.3, -0.25) is 4.79 Å². The maximum Gasteiger partial charge on any atom is 0.326 e. The number of ether oxygens (including phenoxy) is 2. The molecule has 0 aromatic carbocycles. The van der Waals surface area contributed by atoms with Crippen molar-refractivity contribution in [3.8, 4) is 0 Å². The molecule has 2 unspecified atom stereocenters. The maximum atomic E-state index is 11.0. The summed E-state index contributed by atoms with van der Waals surface area (Å²) < 4.78 is 9.86. The third-order valence-electron chi connectivity index (χ3n) is 1.35. The number of rotatable bonds is 5. The van der Waals surface area contributed by atoms with E-state index in [4.69, 9.17) is 21.1 Å². The fourth-order valence-corrected chi connectivity index (χ4v) is 0.897. The molecule has 2 atom stereocenters. The molecule has 12 heavy (non-hydrogen) atoms. The van der Waals surface area contributed by atoms with Crippen molar-refractivity contribution in [2.75, 3.05) is 13.2 Å². The van der Waals surface area contributed by atoms with E-state index in [2.05, 4.69) is 0 Å². The zero-order valence-corrected chi connectivity index (χ0v) is 8.43. The van der Waals surface area contributed by atoms with E-state index in [1.807, 2.05) is 6.92 Å². The lowest BCUT2D eigenvalue weighted by molar-refractivity contribution is -0.145. The number of hydrogen-bond acceptors (Lipinski definition) is 3. The van der Waals surface area contributed by atoms with Gasteiger partial charge >= 0.3 is 5.97 Å². The van der Waals surface area contributed by atoms with E-state index in [1.165, 1.54) is 0 Å². The van der Waals surface area contributed by atoms with Crippen LogP contribution in [0.5, 0.6) is 0 Å². The van der Waals surface area contributed by atoms with Crippen LogP contribution in [0.1, 0.15) is 20.8 Å². The van der Waals surface area contributed by atoms with Gasteiger partial charge in [-0.1, -0.05) is 0 Å². The first-order valence-corrected chi connectivity index (χ1v) is 4.49. The Morgan fingerprint density at radius 3 is 2.42 bits per heavy atom. The maximum absolute atomic E-state index is 11.0. The standard InChI is InChI=1S/C8H15ClO3/c1-4-11-6(3)7(9)8(10)12-5-2/h6-7H,4-5H2,1-3H3.